The van der Waals surface area contributed by atoms with Crippen molar-refractivity contribution in [1.29, 1.82) is 0 Å². The SMILES string of the molecule is O=C(CN1C(=O)[C@@H]2CC=CC[C@H]2C1=O)Nc1ccc(Cl)c(C(F)(F)F)c1. The Kier molecular flexibility index (Phi) is 4.79. The van der Waals surface area contributed by atoms with Crippen molar-refractivity contribution in [3.05, 3.63) is 40.9 Å². The van der Waals surface area contributed by atoms with Gasteiger partial charge in [-0.15, -0.1) is 0 Å². The molecule has 0 unspecified atom stereocenters. The number of benzene rings is 1. The minimum atomic E-state index is -4.67. The molecule has 5 nitrogen and oxygen atoms in total. The van der Waals surface area contributed by atoms with Gasteiger partial charge in [0.1, 0.15) is 6.54 Å². The highest BCUT2D eigenvalue weighted by molar-refractivity contribution is 6.31. The van der Waals surface area contributed by atoms with Crippen LogP contribution in [-0.2, 0) is 20.6 Å². The van der Waals surface area contributed by atoms with Crippen LogP contribution in [0.15, 0.2) is 30.4 Å². The molecule has 0 aromatic heterocycles. The van der Waals surface area contributed by atoms with E-state index in [-0.39, 0.29) is 5.69 Å². The smallest absolute Gasteiger partial charge is 0.325 e. The number of hydrogen-bond acceptors (Lipinski definition) is 3. The summed E-state index contributed by atoms with van der Waals surface area (Å²) in [7, 11) is 0. The zero-order chi connectivity index (χ0) is 19.1. The van der Waals surface area contributed by atoms with Crippen molar-refractivity contribution in [2.24, 2.45) is 11.8 Å². The second-order valence-electron chi connectivity index (χ2n) is 6.16. The van der Waals surface area contributed by atoms with E-state index in [4.69, 9.17) is 11.6 Å². The molecule has 0 radical (unpaired) electrons. The molecular formula is C17H14ClF3N2O3. The maximum atomic E-state index is 12.9. The summed E-state index contributed by atoms with van der Waals surface area (Å²) in [6.07, 6.45) is -0.134. The van der Waals surface area contributed by atoms with Crippen LogP contribution in [0.3, 0.4) is 0 Å². The first-order valence-electron chi connectivity index (χ1n) is 7.85. The topological polar surface area (TPSA) is 66.5 Å². The Hall–Kier alpha value is -2.35. The van der Waals surface area contributed by atoms with Gasteiger partial charge < -0.3 is 5.32 Å². The molecule has 1 aromatic rings. The largest absolute Gasteiger partial charge is 0.417 e. The first-order valence-corrected chi connectivity index (χ1v) is 8.23. The predicted molar refractivity (Wildman–Crippen MR) is 87.2 cm³/mol. The standard InChI is InChI=1S/C17H14ClF3N2O3/c18-13-6-5-9(7-12(13)17(19,20)21)22-14(24)8-23-15(25)10-3-1-2-4-11(10)16(23)26/h1-2,5-7,10-11H,3-4,8H2,(H,22,24)/t10-,11-/m1/s1. The second-order valence-corrected chi connectivity index (χ2v) is 6.57. The normalized spacial score (nSPS) is 22.5. The van der Waals surface area contributed by atoms with Gasteiger partial charge in [0, 0.05) is 5.69 Å². The van der Waals surface area contributed by atoms with Gasteiger partial charge in [0.2, 0.25) is 17.7 Å². The molecule has 1 heterocycles. The Morgan fingerprint density at radius 3 is 2.27 bits per heavy atom. The van der Waals surface area contributed by atoms with Crippen LogP contribution in [0.5, 0.6) is 0 Å². The van der Waals surface area contributed by atoms with Gasteiger partial charge in [-0.2, -0.15) is 13.2 Å². The summed E-state index contributed by atoms with van der Waals surface area (Å²) < 4.78 is 38.6. The van der Waals surface area contributed by atoms with Crippen LogP contribution >= 0.6 is 11.6 Å². The monoisotopic (exact) mass is 386 g/mol. The minimum Gasteiger partial charge on any atom is -0.325 e. The van der Waals surface area contributed by atoms with E-state index in [2.05, 4.69) is 5.32 Å². The highest BCUT2D eigenvalue weighted by Gasteiger charge is 2.47. The number of anilines is 1. The quantitative estimate of drug-likeness (QED) is 0.640. The zero-order valence-corrected chi connectivity index (χ0v) is 14.1. The lowest BCUT2D eigenvalue weighted by Gasteiger charge is -2.15. The van der Waals surface area contributed by atoms with Crippen LogP contribution in [-0.4, -0.2) is 29.2 Å². The van der Waals surface area contributed by atoms with Crippen LogP contribution in [0.25, 0.3) is 0 Å². The summed E-state index contributed by atoms with van der Waals surface area (Å²) >= 11 is 5.53. The van der Waals surface area contributed by atoms with Crippen molar-refractivity contribution >= 4 is 35.0 Å². The summed E-state index contributed by atoms with van der Waals surface area (Å²) in [5.74, 6) is -2.53. The first-order chi connectivity index (χ1) is 12.2. The number of likely N-dealkylation sites (tertiary alicyclic amines) is 1. The number of rotatable bonds is 3. The van der Waals surface area contributed by atoms with Crippen LogP contribution < -0.4 is 5.32 Å². The van der Waals surface area contributed by atoms with Crippen LogP contribution in [0.2, 0.25) is 5.02 Å². The van der Waals surface area contributed by atoms with E-state index in [0.29, 0.717) is 18.9 Å². The lowest BCUT2D eigenvalue weighted by atomic mass is 9.85. The molecule has 1 aliphatic carbocycles. The van der Waals surface area contributed by atoms with Gasteiger partial charge >= 0.3 is 6.18 Å². The fourth-order valence-electron chi connectivity index (χ4n) is 3.19. The van der Waals surface area contributed by atoms with E-state index in [1.54, 1.807) is 0 Å². The minimum absolute atomic E-state index is 0.120. The van der Waals surface area contributed by atoms with Gasteiger partial charge in [0.25, 0.3) is 0 Å². The number of alkyl halides is 3. The number of carbonyl (C=O) groups is 3. The molecule has 1 fully saturated rings. The number of nitrogens with zero attached hydrogens (tertiary/aromatic N) is 1. The van der Waals surface area contributed by atoms with Gasteiger partial charge in [-0.3, -0.25) is 19.3 Å². The van der Waals surface area contributed by atoms with E-state index in [1.807, 2.05) is 12.2 Å². The summed E-state index contributed by atoms with van der Waals surface area (Å²) in [5, 5.41) is 1.78. The molecule has 1 aromatic carbocycles. The van der Waals surface area contributed by atoms with Crippen LogP contribution in [0, 0.1) is 11.8 Å². The maximum absolute atomic E-state index is 12.9. The number of halogens is 4. The average molecular weight is 387 g/mol. The zero-order valence-electron chi connectivity index (χ0n) is 13.3. The van der Waals surface area contributed by atoms with Crippen LogP contribution in [0.1, 0.15) is 18.4 Å². The molecular weight excluding hydrogens is 373 g/mol. The molecule has 2 aliphatic rings. The van der Waals surface area contributed by atoms with E-state index >= 15 is 0 Å². The van der Waals surface area contributed by atoms with Crippen molar-refractivity contribution in [2.75, 3.05) is 11.9 Å². The number of fused-ring (bicyclic) bond motifs is 1. The number of allylic oxidation sites excluding steroid dienone is 2. The van der Waals surface area contributed by atoms with Gasteiger partial charge in [-0.25, -0.2) is 0 Å². The van der Waals surface area contributed by atoms with Gasteiger partial charge in [0.15, 0.2) is 0 Å². The summed E-state index contributed by atoms with van der Waals surface area (Å²) in [6.45, 7) is -0.533. The van der Waals surface area contributed by atoms with E-state index in [1.165, 1.54) is 6.07 Å². The third kappa shape index (κ3) is 3.46. The Labute approximate surface area is 151 Å². The van der Waals surface area contributed by atoms with Gasteiger partial charge in [-0.05, 0) is 31.0 Å². The van der Waals surface area contributed by atoms with E-state index in [0.717, 1.165) is 11.0 Å². The number of nitrogens with one attached hydrogen (secondary N) is 1. The Morgan fingerprint density at radius 1 is 1.15 bits per heavy atom. The van der Waals surface area contributed by atoms with Crippen molar-refractivity contribution in [3.63, 3.8) is 0 Å². The maximum Gasteiger partial charge on any atom is 0.417 e. The summed E-state index contributed by atoms with van der Waals surface area (Å²) in [4.78, 5) is 37.6. The van der Waals surface area contributed by atoms with Gasteiger partial charge in [-0.1, -0.05) is 23.8 Å². The van der Waals surface area contributed by atoms with E-state index < -0.39 is 52.9 Å². The lowest BCUT2D eigenvalue weighted by Crippen LogP contribution is -2.38. The Balaban J connectivity index is 1.70. The fraction of sp³-hybridized carbons (Fsp3) is 0.353. The molecule has 1 N–H and O–H groups in total. The van der Waals surface area contributed by atoms with Crippen molar-refractivity contribution < 1.29 is 27.6 Å². The molecule has 9 heteroatoms. The molecule has 3 amide bonds. The Bertz CT molecular complexity index is 781. The summed E-state index contributed by atoms with van der Waals surface area (Å²) in [5.41, 5.74) is -1.20. The molecule has 138 valence electrons. The Morgan fingerprint density at radius 2 is 1.73 bits per heavy atom. The molecule has 26 heavy (non-hydrogen) atoms. The number of imide groups is 1. The highest BCUT2D eigenvalue weighted by atomic mass is 35.5. The predicted octanol–water partition coefficient (Wildman–Crippen LogP) is 3.25. The molecule has 2 atom stereocenters. The van der Waals surface area contributed by atoms with Gasteiger partial charge in [0.05, 0.1) is 22.4 Å². The molecule has 0 bridgehead atoms. The average Bonchev–Trinajstić information content (AvgIpc) is 2.81. The van der Waals surface area contributed by atoms with Crippen molar-refractivity contribution in [1.82, 2.24) is 4.90 Å². The fourth-order valence-corrected chi connectivity index (χ4v) is 3.41. The molecule has 3 rings (SSSR count). The number of carbonyl (C=O) groups excluding carboxylic acids is 3. The first kappa shape index (κ1) is 18.4. The molecule has 0 saturated carbocycles. The third-order valence-electron chi connectivity index (χ3n) is 4.46. The van der Waals surface area contributed by atoms with E-state index in [9.17, 15) is 27.6 Å². The van der Waals surface area contributed by atoms with Crippen LogP contribution in [0.4, 0.5) is 18.9 Å². The molecule has 1 saturated heterocycles. The summed E-state index contributed by atoms with van der Waals surface area (Å²) in [6, 6.07) is 2.94. The highest BCUT2D eigenvalue weighted by Crippen LogP contribution is 2.37. The third-order valence-corrected chi connectivity index (χ3v) is 4.79. The molecule has 1 aliphatic heterocycles. The van der Waals surface area contributed by atoms with Crippen molar-refractivity contribution in [3.8, 4) is 0 Å². The van der Waals surface area contributed by atoms with Crippen molar-refractivity contribution in [2.45, 2.75) is 19.0 Å². The lowest BCUT2D eigenvalue weighted by molar-refractivity contribution is -0.142. The number of amides is 3. The molecule has 0 spiro atoms. The number of hydrogen-bond donors (Lipinski definition) is 1. The second kappa shape index (κ2) is 6.75.